The van der Waals surface area contributed by atoms with Crippen molar-refractivity contribution in [3.63, 3.8) is 0 Å². The van der Waals surface area contributed by atoms with Crippen LogP contribution in [-0.4, -0.2) is 17.5 Å². The van der Waals surface area contributed by atoms with Crippen LogP contribution in [0.2, 0.25) is 0 Å². The van der Waals surface area contributed by atoms with Crippen LogP contribution >= 0.6 is 0 Å². The number of primary amides is 1. The van der Waals surface area contributed by atoms with Crippen LogP contribution in [-0.2, 0) is 9.53 Å². The topological polar surface area (TPSA) is 69.4 Å². The lowest BCUT2D eigenvalue weighted by molar-refractivity contribution is -0.146. The van der Waals surface area contributed by atoms with Gasteiger partial charge in [-0.15, -0.1) is 0 Å². The van der Waals surface area contributed by atoms with Crippen molar-refractivity contribution in [3.8, 4) is 0 Å². The maximum atomic E-state index is 12.2. The summed E-state index contributed by atoms with van der Waals surface area (Å²) in [4.78, 5) is 23.1. The first-order valence-electron chi connectivity index (χ1n) is 6.17. The van der Waals surface area contributed by atoms with E-state index in [1.807, 2.05) is 20.8 Å². The molecule has 0 aliphatic heterocycles. The highest BCUT2D eigenvalue weighted by molar-refractivity contribution is 5.89. The minimum absolute atomic E-state index is 0.0581. The number of ketones is 1. The molecule has 0 rings (SSSR count). The van der Waals surface area contributed by atoms with E-state index in [1.54, 1.807) is 6.92 Å². The van der Waals surface area contributed by atoms with Crippen LogP contribution < -0.4 is 5.73 Å². The lowest BCUT2D eigenvalue weighted by Crippen LogP contribution is -2.51. The van der Waals surface area contributed by atoms with Crippen LogP contribution in [0.15, 0.2) is 0 Å². The van der Waals surface area contributed by atoms with Crippen LogP contribution in [0.1, 0.15) is 60.3 Å². The van der Waals surface area contributed by atoms with Crippen LogP contribution in [0.25, 0.3) is 0 Å². The summed E-state index contributed by atoms with van der Waals surface area (Å²) in [6.07, 6.45) is 2.41. The van der Waals surface area contributed by atoms with Crippen molar-refractivity contribution in [3.05, 3.63) is 0 Å². The van der Waals surface area contributed by atoms with Crippen molar-refractivity contribution in [2.45, 2.75) is 65.9 Å². The second-order valence-corrected chi connectivity index (χ2v) is 5.58. The van der Waals surface area contributed by atoms with Crippen LogP contribution in [0.4, 0.5) is 4.79 Å². The van der Waals surface area contributed by atoms with Crippen molar-refractivity contribution in [1.82, 2.24) is 0 Å². The summed E-state index contributed by atoms with van der Waals surface area (Å²) in [6.45, 7) is 9.33. The van der Waals surface area contributed by atoms with Crippen molar-refractivity contribution in [2.75, 3.05) is 0 Å². The number of amides is 1. The minimum Gasteiger partial charge on any atom is -0.435 e. The highest BCUT2D eigenvalue weighted by Crippen LogP contribution is 2.35. The van der Waals surface area contributed by atoms with Gasteiger partial charge in [-0.3, -0.25) is 4.79 Å². The largest absolute Gasteiger partial charge is 0.435 e. The van der Waals surface area contributed by atoms with Crippen molar-refractivity contribution in [1.29, 1.82) is 0 Å². The molecule has 0 bridgehead atoms. The zero-order valence-corrected chi connectivity index (χ0v) is 11.6. The molecule has 0 heterocycles. The third-order valence-electron chi connectivity index (χ3n) is 3.28. The van der Waals surface area contributed by atoms with E-state index in [1.165, 1.54) is 0 Å². The van der Waals surface area contributed by atoms with Gasteiger partial charge in [-0.1, -0.05) is 40.5 Å². The molecule has 0 saturated heterocycles. The highest BCUT2D eigenvalue weighted by atomic mass is 16.6. The number of Topliss-reactive ketones (excluding diaryl/α,β-unsaturated/α-hetero) is 1. The molecule has 0 aliphatic rings. The average Bonchev–Trinajstić information content (AvgIpc) is 2.15. The average molecular weight is 243 g/mol. The van der Waals surface area contributed by atoms with E-state index in [2.05, 4.69) is 6.92 Å². The van der Waals surface area contributed by atoms with Crippen LogP contribution in [0.3, 0.4) is 0 Å². The molecule has 17 heavy (non-hydrogen) atoms. The Balaban J connectivity index is 4.80. The highest BCUT2D eigenvalue weighted by Gasteiger charge is 2.46. The minimum atomic E-state index is -1.15. The zero-order chi connectivity index (χ0) is 13.7. The fourth-order valence-corrected chi connectivity index (χ4v) is 1.60. The fraction of sp³-hybridized carbons (Fsp3) is 0.846. The smallest absolute Gasteiger partial charge is 0.405 e. The predicted octanol–water partition coefficient (Wildman–Crippen LogP) is 3.04. The van der Waals surface area contributed by atoms with E-state index in [4.69, 9.17) is 10.5 Å². The first-order valence-corrected chi connectivity index (χ1v) is 6.17. The molecule has 1 amide bonds. The monoisotopic (exact) mass is 243 g/mol. The standard InChI is InChI=1S/C13H25NO3/c1-6-7-8-9-10(15)13(5,12(2,3)4)17-11(14)16/h6-9H2,1-5H3,(H2,14,16). The number of ether oxygens (including phenoxy) is 1. The molecule has 2 N–H and O–H groups in total. The molecule has 0 radical (unpaired) electrons. The molecule has 0 aromatic rings. The van der Waals surface area contributed by atoms with E-state index in [0.717, 1.165) is 19.3 Å². The Morgan fingerprint density at radius 3 is 2.00 bits per heavy atom. The van der Waals surface area contributed by atoms with Gasteiger partial charge in [0.25, 0.3) is 0 Å². The normalized spacial score (nSPS) is 15.1. The number of rotatable bonds is 6. The molecule has 4 heteroatoms. The SMILES string of the molecule is CCCCCC(=O)C(C)(OC(N)=O)C(C)(C)C. The molecule has 0 aliphatic carbocycles. The summed E-state index contributed by atoms with van der Waals surface area (Å²) in [5.41, 5.74) is 3.44. The molecular weight excluding hydrogens is 218 g/mol. The van der Waals surface area contributed by atoms with Gasteiger partial charge >= 0.3 is 6.09 Å². The van der Waals surface area contributed by atoms with E-state index >= 15 is 0 Å². The second kappa shape index (κ2) is 6.03. The van der Waals surface area contributed by atoms with Gasteiger partial charge in [0, 0.05) is 11.8 Å². The Kier molecular flexibility index (Phi) is 5.66. The van der Waals surface area contributed by atoms with Gasteiger partial charge in [-0.25, -0.2) is 4.79 Å². The van der Waals surface area contributed by atoms with Crippen molar-refractivity contribution < 1.29 is 14.3 Å². The van der Waals surface area contributed by atoms with Gasteiger partial charge in [0.2, 0.25) is 0 Å². The fourth-order valence-electron chi connectivity index (χ4n) is 1.60. The maximum absolute atomic E-state index is 12.2. The lowest BCUT2D eigenvalue weighted by Gasteiger charge is -2.39. The quantitative estimate of drug-likeness (QED) is 0.729. The number of carbonyl (C=O) groups is 2. The van der Waals surface area contributed by atoms with Crippen molar-refractivity contribution >= 4 is 11.9 Å². The molecule has 100 valence electrons. The molecule has 4 nitrogen and oxygen atoms in total. The van der Waals surface area contributed by atoms with Gasteiger partial charge in [0.05, 0.1) is 0 Å². The first kappa shape index (κ1) is 15.9. The predicted molar refractivity (Wildman–Crippen MR) is 67.7 cm³/mol. The molecule has 0 aromatic heterocycles. The van der Waals surface area contributed by atoms with Gasteiger partial charge in [-0.05, 0) is 13.3 Å². The third kappa shape index (κ3) is 4.36. The zero-order valence-electron chi connectivity index (χ0n) is 11.6. The Morgan fingerprint density at radius 2 is 1.65 bits per heavy atom. The Morgan fingerprint density at radius 1 is 1.12 bits per heavy atom. The van der Waals surface area contributed by atoms with Crippen LogP contribution in [0.5, 0.6) is 0 Å². The molecule has 0 aromatic carbocycles. The molecule has 0 spiro atoms. The molecular formula is C13H25NO3. The summed E-state index contributed by atoms with van der Waals surface area (Å²) in [7, 11) is 0. The first-order chi connectivity index (χ1) is 7.65. The number of nitrogens with two attached hydrogens (primary N) is 1. The van der Waals surface area contributed by atoms with E-state index in [-0.39, 0.29) is 5.78 Å². The molecule has 1 atom stereocenters. The summed E-state index contributed by atoms with van der Waals surface area (Å²) in [5, 5.41) is 0. The van der Waals surface area contributed by atoms with E-state index in [0.29, 0.717) is 6.42 Å². The summed E-state index contributed by atoms with van der Waals surface area (Å²) in [5.74, 6) is -0.0581. The Labute approximate surface area is 104 Å². The Bertz CT molecular complexity index is 281. The Hall–Kier alpha value is -1.06. The van der Waals surface area contributed by atoms with E-state index < -0.39 is 17.1 Å². The number of unbranched alkanes of at least 4 members (excludes halogenated alkanes) is 2. The summed E-state index contributed by atoms with van der Waals surface area (Å²) in [6, 6.07) is 0. The summed E-state index contributed by atoms with van der Waals surface area (Å²) < 4.78 is 5.08. The number of hydrogen-bond acceptors (Lipinski definition) is 3. The molecule has 0 fully saturated rings. The maximum Gasteiger partial charge on any atom is 0.405 e. The third-order valence-corrected chi connectivity index (χ3v) is 3.28. The van der Waals surface area contributed by atoms with Gasteiger partial charge in [-0.2, -0.15) is 0 Å². The van der Waals surface area contributed by atoms with Crippen LogP contribution in [0, 0.1) is 5.41 Å². The summed E-state index contributed by atoms with van der Waals surface area (Å²) >= 11 is 0. The lowest BCUT2D eigenvalue weighted by atomic mass is 9.74. The van der Waals surface area contributed by atoms with Crippen molar-refractivity contribution in [2.24, 2.45) is 11.1 Å². The van der Waals surface area contributed by atoms with E-state index in [9.17, 15) is 9.59 Å². The second-order valence-electron chi connectivity index (χ2n) is 5.58. The number of hydrogen-bond donors (Lipinski definition) is 1. The molecule has 0 saturated carbocycles. The number of carbonyl (C=O) groups excluding carboxylic acids is 2. The van der Waals surface area contributed by atoms with Gasteiger partial charge < -0.3 is 10.5 Å². The van der Waals surface area contributed by atoms with Gasteiger partial charge in [0.15, 0.2) is 11.4 Å². The molecule has 1 unspecified atom stereocenters. The van der Waals surface area contributed by atoms with Gasteiger partial charge in [0.1, 0.15) is 0 Å².